The van der Waals surface area contributed by atoms with Crippen LogP contribution in [0.4, 0.5) is 0 Å². The number of nitrogens with two attached hydrogens (primary N) is 2. The molecule has 1 aliphatic heterocycles. The molecule has 6 aromatic rings. The number of imidazole rings is 1. The van der Waals surface area contributed by atoms with Gasteiger partial charge in [0.2, 0.25) is 47.3 Å². The van der Waals surface area contributed by atoms with Crippen LogP contribution in [0, 0.1) is 23.2 Å². The number of guanidine groups is 1. The minimum atomic E-state index is -1.51. The molecule has 1 fully saturated rings. The summed E-state index contributed by atoms with van der Waals surface area (Å²) in [6.45, 7) is 12.9. The van der Waals surface area contributed by atoms with E-state index < -0.39 is 132 Å². The summed E-state index contributed by atoms with van der Waals surface area (Å²) in [6.07, 6.45) is 4.90. The largest absolute Gasteiger partial charge is 0.508 e. The highest BCUT2D eigenvalue weighted by molar-refractivity contribution is 5.98. The predicted octanol–water partition coefficient (Wildman–Crippen LogP) is 3.06. The average Bonchev–Trinajstić information content (AvgIpc) is 1.81. The Kier molecular flexibility index (Phi) is 32.9. The highest BCUT2D eigenvalue weighted by Crippen LogP contribution is 2.31. The summed E-state index contributed by atoms with van der Waals surface area (Å²) >= 11 is 0. The van der Waals surface area contributed by atoms with Gasteiger partial charge in [0.1, 0.15) is 54.1 Å². The van der Waals surface area contributed by atoms with Crippen LogP contribution < -0.4 is 48.7 Å². The second-order valence-corrected chi connectivity index (χ2v) is 27.0. The molecule has 576 valence electrons. The van der Waals surface area contributed by atoms with Gasteiger partial charge in [0.05, 0.1) is 18.8 Å². The van der Waals surface area contributed by atoms with Gasteiger partial charge in [-0.05, 0) is 100 Å². The molecule has 0 aliphatic carbocycles. The maximum Gasteiger partial charge on any atom is 0.326 e. The van der Waals surface area contributed by atoms with Crippen molar-refractivity contribution in [3.63, 3.8) is 0 Å². The van der Waals surface area contributed by atoms with E-state index in [-0.39, 0.29) is 81.7 Å². The first-order valence-electron chi connectivity index (χ1n) is 35.6. The number of aromatic amines is 2. The fraction of sp³-hybridized carbons (Fsp3) is 0.459. The van der Waals surface area contributed by atoms with Gasteiger partial charge in [-0.15, -0.1) is 5.10 Å². The first-order chi connectivity index (χ1) is 51.0. The summed E-state index contributed by atoms with van der Waals surface area (Å²) in [6, 6.07) is 18.7. The smallest absolute Gasteiger partial charge is 0.326 e. The van der Waals surface area contributed by atoms with Gasteiger partial charge in [-0.2, -0.15) is 0 Å². The van der Waals surface area contributed by atoms with Crippen LogP contribution in [0.3, 0.4) is 0 Å². The van der Waals surface area contributed by atoms with Crippen LogP contribution >= 0.6 is 0 Å². The van der Waals surface area contributed by atoms with Crippen LogP contribution in [0.15, 0.2) is 116 Å². The number of carbonyl (C=O) groups is 11. The summed E-state index contributed by atoms with van der Waals surface area (Å²) in [5.41, 5.74) is 16.5. The Labute approximate surface area is 619 Å². The molecule has 0 spiro atoms. The van der Waals surface area contributed by atoms with E-state index in [0.29, 0.717) is 41.9 Å². The number of aliphatic carboxylic acids is 3. The molecular weight excluding hydrogens is 1380 g/mol. The number of aromatic hydroxyl groups is 1. The Bertz CT molecular complexity index is 3940. The van der Waals surface area contributed by atoms with E-state index in [4.69, 9.17) is 22.0 Å². The fourth-order valence-electron chi connectivity index (χ4n) is 12.1. The van der Waals surface area contributed by atoms with Gasteiger partial charge >= 0.3 is 17.9 Å². The van der Waals surface area contributed by atoms with Crippen molar-refractivity contribution >= 4 is 71.1 Å². The van der Waals surface area contributed by atoms with Crippen LogP contribution in [0.1, 0.15) is 129 Å². The molecule has 0 bridgehead atoms. The maximum absolute atomic E-state index is 14.6. The number of H-pyrrole nitrogens is 2. The normalized spacial score (nSPS) is 15.0. The zero-order valence-corrected chi connectivity index (χ0v) is 61.1. The maximum atomic E-state index is 14.6. The Morgan fingerprint density at radius 1 is 0.664 bits per heavy atom. The quantitative estimate of drug-likeness (QED) is 0.0150. The Hall–Kier alpha value is -11.6. The molecule has 0 saturated carbocycles. The molecule has 4 aromatic carbocycles. The Morgan fingerprint density at radius 2 is 1.27 bits per heavy atom. The number of nitrogens with zero attached hydrogens (tertiary/aromatic N) is 6. The molecule has 8 amide bonds. The number of hydrogen-bond donors (Lipinski definition) is 16. The lowest BCUT2D eigenvalue weighted by molar-refractivity contribution is -0.153. The standard InChI is InChI=1S/C50H71N13O12.C24H29N5O3/c1-5-28(4)41(47(72)59-36(23-31-25-54-26-56-31)48(73)63-20-10-14-38(63)45(70)60-37(49(74)75)22-29-11-7-6-8-12-29)62-44(69)35(21-30-15-17-32(64)18-16-30)58-46(71)40(27(2)3)61-43(68)34(13-9-19-55-50(52)53)57-42(67)33(51)24-39(65)66;1-4-5-10-21(30)29(22(16(2)3)24(31)32)15-17-11-13-18(14-12-17)19-8-6-7-9-20(19)23-25-27-28-26-23/h6-8,11-12,15-18,25-28,33-38,40-41,64H,5,9-10,13-14,19-24,51H2,1-4H3,(H,54,56)(H,57,67)(H,58,71)(H,59,72)(H,60,70)(H,61,68)(H,62,69)(H,65,66)(H,74,75)(H4,52,53,55);6-9,11-14,16,22H,4-5,10,15H2,1-3H3,(H,31,32)(H,25,26,27,28)/t28-,33-,34-,35-,36-,37-,38-,40-,41-;22-/m00/s1. The second-order valence-electron chi connectivity index (χ2n) is 27.0. The number of carboxylic acid groups (broad SMARTS) is 3. The number of rotatable bonds is 39. The SMILES string of the molecule is CCCCC(=O)N(Cc1ccc(-c2ccccc2-c2nnn[nH]2)cc1)[C@H](C(=O)O)C(C)C.CC[C@H](C)[C@H](NC(=O)[C@H](Cc1ccc(O)cc1)NC(=O)[C@@H](NC(=O)[C@H](CCCNC(=N)N)NC(=O)[C@@H](N)CC(=O)O)C(C)C)C(=O)N[C@@H](Cc1cnc[nH]1)C(=O)N1CCC[C@H]1C(=O)N[C@@H](Cc1ccccc1)C(=O)O. The summed E-state index contributed by atoms with van der Waals surface area (Å²) < 4.78 is 0. The zero-order valence-electron chi connectivity index (χ0n) is 61.1. The molecule has 7 rings (SSSR count). The van der Waals surface area contributed by atoms with Gasteiger partial charge in [-0.25, -0.2) is 19.7 Å². The number of phenolic OH excluding ortho intramolecular Hbond substituents is 1. The van der Waals surface area contributed by atoms with Gasteiger partial charge in [0, 0.05) is 62.8 Å². The molecule has 33 heteroatoms. The summed E-state index contributed by atoms with van der Waals surface area (Å²) in [4.78, 5) is 157. The number of phenols is 1. The lowest BCUT2D eigenvalue weighted by atomic mass is 9.96. The molecule has 18 N–H and O–H groups in total. The van der Waals surface area contributed by atoms with Crippen molar-refractivity contribution in [3.05, 3.63) is 138 Å². The number of carbonyl (C=O) groups excluding carboxylic acids is 8. The van der Waals surface area contributed by atoms with Crippen LogP contribution in [-0.2, 0) is 78.5 Å². The predicted molar refractivity (Wildman–Crippen MR) is 393 cm³/mol. The van der Waals surface area contributed by atoms with Gasteiger partial charge in [0.25, 0.3) is 0 Å². The van der Waals surface area contributed by atoms with E-state index in [1.165, 1.54) is 46.6 Å². The van der Waals surface area contributed by atoms with Gasteiger partial charge in [0.15, 0.2) is 11.8 Å². The minimum absolute atomic E-state index is 0.00272. The average molecular weight is 1480 g/mol. The number of tetrazole rings is 1. The van der Waals surface area contributed by atoms with Crippen LogP contribution in [0.25, 0.3) is 22.5 Å². The van der Waals surface area contributed by atoms with E-state index in [1.807, 2.05) is 69.3 Å². The lowest BCUT2D eigenvalue weighted by Crippen LogP contribution is -2.62. The highest BCUT2D eigenvalue weighted by atomic mass is 16.4. The van der Waals surface area contributed by atoms with E-state index in [2.05, 4.69) is 67.8 Å². The number of amides is 8. The zero-order chi connectivity index (χ0) is 78.4. The number of nitrogens with one attached hydrogen (secondary N) is 10. The molecule has 0 unspecified atom stereocenters. The first-order valence-corrected chi connectivity index (χ1v) is 35.6. The topological polar surface area (TPSA) is 518 Å². The van der Waals surface area contributed by atoms with Gasteiger partial charge < -0.3 is 83.9 Å². The van der Waals surface area contributed by atoms with Crippen LogP contribution in [0.5, 0.6) is 5.75 Å². The van der Waals surface area contributed by atoms with E-state index in [0.717, 1.165) is 35.1 Å². The number of likely N-dealkylation sites (tertiary alicyclic amines) is 1. The minimum Gasteiger partial charge on any atom is -0.508 e. The number of benzene rings is 4. The number of aromatic nitrogens is 6. The Balaban J connectivity index is 0.000000463. The number of unbranched alkanes of at least 4 members (excludes halogenated alkanes) is 1. The third kappa shape index (κ3) is 25.9. The van der Waals surface area contributed by atoms with E-state index >= 15 is 0 Å². The number of hydrogen-bond acceptors (Lipinski definition) is 18. The molecule has 1 saturated heterocycles. The second kappa shape index (κ2) is 41.7. The summed E-state index contributed by atoms with van der Waals surface area (Å²) in [5, 5.41) is 79.0. The molecule has 1 aliphatic rings. The van der Waals surface area contributed by atoms with Crippen molar-refractivity contribution in [1.29, 1.82) is 5.41 Å². The Morgan fingerprint density at radius 3 is 1.86 bits per heavy atom. The first kappa shape index (κ1) is 84.3. The molecule has 33 nitrogen and oxygen atoms in total. The third-order valence-electron chi connectivity index (χ3n) is 18.2. The molecule has 107 heavy (non-hydrogen) atoms. The van der Waals surface area contributed by atoms with Crippen molar-refractivity contribution in [2.75, 3.05) is 13.1 Å². The van der Waals surface area contributed by atoms with Crippen molar-refractivity contribution in [2.45, 2.75) is 186 Å². The van der Waals surface area contributed by atoms with E-state index in [1.54, 1.807) is 58.0 Å². The molecule has 10 atom stereocenters. The van der Waals surface area contributed by atoms with E-state index in [9.17, 15) is 68.1 Å². The monoisotopic (exact) mass is 1480 g/mol. The lowest BCUT2D eigenvalue weighted by Gasteiger charge is -2.32. The molecular formula is C74H100N18O15. The van der Waals surface area contributed by atoms with Crippen molar-refractivity contribution in [1.82, 2.24) is 77.6 Å². The van der Waals surface area contributed by atoms with Gasteiger partial charge in [-0.3, -0.25) is 48.6 Å². The van der Waals surface area contributed by atoms with Crippen molar-refractivity contribution in [3.8, 4) is 28.3 Å². The van der Waals surface area contributed by atoms with Crippen molar-refractivity contribution < 1.29 is 73.2 Å². The summed E-state index contributed by atoms with van der Waals surface area (Å²) in [7, 11) is 0. The number of carboxylic acids is 3. The highest BCUT2D eigenvalue weighted by Gasteiger charge is 2.42. The van der Waals surface area contributed by atoms with Gasteiger partial charge in [-0.1, -0.05) is 152 Å². The van der Waals surface area contributed by atoms with Crippen molar-refractivity contribution in [2.24, 2.45) is 29.2 Å². The van der Waals surface area contributed by atoms with Crippen LogP contribution in [0.2, 0.25) is 0 Å². The molecule has 0 radical (unpaired) electrons. The van der Waals surface area contributed by atoms with Crippen LogP contribution in [-0.4, -0.2) is 199 Å². The summed E-state index contributed by atoms with van der Waals surface area (Å²) in [5.74, 6) is -10.5. The fourth-order valence-corrected chi connectivity index (χ4v) is 12.1. The molecule has 3 heterocycles. The molecule has 2 aromatic heterocycles. The third-order valence-corrected chi connectivity index (χ3v) is 18.2.